The Morgan fingerprint density at radius 1 is 1.13 bits per heavy atom. The summed E-state index contributed by atoms with van der Waals surface area (Å²) in [6.45, 7) is 2.60. The van der Waals surface area contributed by atoms with Gasteiger partial charge in [-0.15, -0.1) is 0 Å². The van der Waals surface area contributed by atoms with Crippen molar-refractivity contribution in [2.45, 2.75) is 19.4 Å². The van der Waals surface area contributed by atoms with E-state index in [4.69, 9.17) is 11.6 Å². The topological polar surface area (TPSA) is 32.3 Å². The third-order valence-corrected chi connectivity index (χ3v) is 4.31. The van der Waals surface area contributed by atoms with Crippen LogP contribution in [0.15, 0.2) is 48.5 Å². The molecule has 2 aromatic carbocycles. The maximum absolute atomic E-state index is 12.3. The zero-order chi connectivity index (χ0) is 16.8. The number of carbonyl (C=O) groups excluding carboxylic acids is 1. The Bertz CT molecular complexity index is 653. The van der Waals surface area contributed by atoms with Crippen LogP contribution < -0.4 is 5.32 Å². The average molecular weight is 331 g/mol. The van der Waals surface area contributed by atoms with Gasteiger partial charge >= 0.3 is 0 Å². The number of aryl methyl sites for hydroxylation is 1. The molecular weight excluding hydrogens is 308 g/mol. The predicted molar refractivity (Wildman–Crippen MR) is 96.0 cm³/mol. The molecule has 0 aliphatic carbocycles. The number of benzene rings is 2. The molecule has 0 radical (unpaired) electrons. The summed E-state index contributed by atoms with van der Waals surface area (Å²) in [5.41, 5.74) is 2.92. The third-order valence-electron chi connectivity index (χ3n) is 3.97. The number of likely N-dealkylation sites (N-methyl/N-ethyl adjacent to an activating group) is 1. The molecule has 1 unspecified atom stereocenters. The molecule has 0 bridgehead atoms. The van der Waals surface area contributed by atoms with Crippen LogP contribution in [-0.4, -0.2) is 31.4 Å². The molecule has 23 heavy (non-hydrogen) atoms. The van der Waals surface area contributed by atoms with E-state index in [1.54, 1.807) is 0 Å². The molecule has 0 saturated carbocycles. The standard InChI is InChI=1S/C19H23ClN2O/c1-4-14-9-11-15(12-10-14)19(23)21-13-18(22(2)3)16-7-5-6-8-17(16)20/h5-12,18H,4,13H2,1-3H3,(H,21,23). The molecule has 0 fully saturated rings. The molecule has 0 heterocycles. The molecule has 122 valence electrons. The van der Waals surface area contributed by atoms with E-state index in [1.165, 1.54) is 5.56 Å². The van der Waals surface area contributed by atoms with E-state index in [2.05, 4.69) is 17.1 Å². The second kappa shape index (κ2) is 8.14. The lowest BCUT2D eigenvalue weighted by molar-refractivity contribution is 0.0942. The maximum Gasteiger partial charge on any atom is 0.251 e. The molecule has 2 rings (SSSR count). The van der Waals surface area contributed by atoms with Crippen molar-refractivity contribution in [2.75, 3.05) is 20.6 Å². The van der Waals surface area contributed by atoms with E-state index in [-0.39, 0.29) is 11.9 Å². The monoisotopic (exact) mass is 330 g/mol. The van der Waals surface area contributed by atoms with Crippen molar-refractivity contribution in [3.05, 3.63) is 70.2 Å². The van der Waals surface area contributed by atoms with E-state index in [0.717, 1.165) is 12.0 Å². The molecule has 0 saturated heterocycles. The molecule has 1 atom stereocenters. The highest BCUT2D eigenvalue weighted by Gasteiger charge is 2.18. The van der Waals surface area contributed by atoms with Crippen molar-refractivity contribution in [2.24, 2.45) is 0 Å². The van der Waals surface area contributed by atoms with Gasteiger partial charge in [0.15, 0.2) is 0 Å². The SMILES string of the molecule is CCc1ccc(C(=O)NCC(c2ccccc2Cl)N(C)C)cc1. The van der Waals surface area contributed by atoms with Crippen LogP contribution in [0.2, 0.25) is 5.02 Å². The van der Waals surface area contributed by atoms with Gasteiger partial charge in [0.05, 0.1) is 6.04 Å². The number of nitrogens with zero attached hydrogens (tertiary/aromatic N) is 1. The third kappa shape index (κ3) is 4.57. The zero-order valence-corrected chi connectivity index (χ0v) is 14.6. The minimum Gasteiger partial charge on any atom is -0.350 e. The highest BCUT2D eigenvalue weighted by Crippen LogP contribution is 2.25. The summed E-state index contributed by atoms with van der Waals surface area (Å²) in [6, 6.07) is 15.5. The van der Waals surface area contributed by atoms with Gasteiger partial charge in [-0.05, 0) is 49.8 Å². The molecule has 0 aliphatic rings. The van der Waals surface area contributed by atoms with Crippen molar-refractivity contribution in [1.82, 2.24) is 10.2 Å². The highest BCUT2D eigenvalue weighted by atomic mass is 35.5. The number of amides is 1. The van der Waals surface area contributed by atoms with E-state index in [9.17, 15) is 4.79 Å². The predicted octanol–water partition coefficient (Wildman–Crippen LogP) is 3.94. The lowest BCUT2D eigenvalue weighted by atomic mass is 10.1. The van der Waals surface area contributed by atoms with Crippen molar-refractivity contribution in [3.8, 4) is 0 Å². The number of hydrogen-bond donors (Lipinski definition) is 1. The van der Waals surface area contributed by atoms with Gasteiger partial charge in [0.1, 0.15) is 0 Å². The second-order valence-electron chi connectivity index (χ2n) is 5.76. The normalized spacial score (nSPS) is 12.2. The Kier molecular flexibility index (Phi) is 6.20. The zero-order valence-electron chi connectivity index (χ0n) is 13.8. The molecule has 1 amide bonds. The Morgan fingerprint density at radius 3 is 2.35 bits per heavy atom. The smallest absolute Gasteiger partial charge is 0.251 e. The number of nitrogens with one attached hydrogen (secondary N) is 1. The molecule has 2 aromatic rings. The van der Waals surface area contributed by atoms with Crippen LogP contribution in [-0.2, 0) is 6.42 Å². The molecule has 3 nitrogen and oxygen atoms in total. The molecule has 0 spiro atoms. The minimum atomic E-state index is -0.0634. The molecule has 0 aliphatic heterocycles. The number of carbonyl (C=O) groups is 1. The van der Waals surface area contributed by atoms with Crippen molar-refractivity contribution in [1.29, 1.82) is 0 Å². The van der Waals surface area contributed by atoms with Crippen LogP contribution in [0.3, 0.4) is 0 Å². The Labute approximate surface area is 143 Å². The van der Waals surface area contributed by atoms with E-state index in [1.807, 2.05) is 62.6 Å². The first-order valence-electron chi connectivity index (χ1n) is 7.81. The minimum absolute atomic E-state index is 0.0302. The lowest BCUT2D eigenvalue weighted by Crippen LogP contribution is -2.34. The summed E-state index contributed by atoms with van der Waals surface area (Å²) in [5, 5.41) is 3.72. The van der Waals surface area contributed by atoms with Crippen LogP contribution in [0.25, 0.3) is 0 Å². The fourth-order valence-corrected chi connectivity index (χ4v) is 2.76. The first-order valence-corrected chi connectivity index (χ1v) is 8.18. The molecule has 4 heteroatoms. The highest BCUT2D eigenvalue weighted by molar-refractivity contribution is 6.31. The fourth-order valence-electron chi connectivity index (χ4n) is 2.50. The van der Waals surface area contributed by atoms with Crippen LogP contribution in [0.4, 0.5) is 0 Å². The summed E-state index contributed by atoms with van der Waals surface area (Å²) in [6.07, 6.45) is 0.969. The summed E-state index contributed by atoms with van der Waals surface area (Å²) in [5.74, 6) is -0.0634. The Morgan fingerprint density at radius 2 is 1.78 bits per heavy atom. The summed E-state index contributed by atoms with van der Waals surface area (Å²) in [7, 11) is 3.96. The van der Waals surface area contributed by atoms with Crippen LogP contribution in [0.5, 0.6) is 0 Å². The van der Waals surface area contributed by atoms with Gasteiger partial charge in [0, 0.05) is 17.1 Å². The van der Waals surface area contributed by atoms with Gasteiger partial charge in [-0.3, -0.25) is 4.79 Å². The fraction of sp³-hybridized carbons (Fsp3) is 0.316. The first kappa shape index (κ1) is 17.5. The van der Waals surface area contributed by atoms with Gasteiger partial charge in [-0.2, -0.15) is 0 Å². The largest absolute Gasteiger partial charge is 0.350 e. The molecular formula is C19H23ClN2O. The van der Waals surface area contributed by atoms with E-state index < -0.39 is 0 Å². The van der Waals surface area contributed by atoms with Gasteiger partial charge in [0.25, 0.3) is 5.91 Å². The van der Waals surface area contributed by atoms with Gasteiger partial charge < -0.3 is 10.2 Å². The average Bonchev–Trinajstić information content (AvgIpc) is 2.56. The van der Waals surface area contributed by atoms with Crippen LogP contribution in [0.1, 0.15) is 34.5 Å². The summed E-state index contributed by atoms with van der Waals surface area (Å²) in [4.78, 5) is 14.4. The van der Waals surface area contributed by atoms with Crippen molar-refractivity contribution >= 4 is 17.5 Å². The Balaban J connectivity index is 2.06. The van der Waals surface area contributed by atoms with Crippen molar-refractivity contribution in [3.63, 3.8) is 0 Å². The van der Waals surface area contributed by atoms with Gasteiger partial charge in [-0.1, -0.05) is 48.9 Å². The second-order valence-corrected chi connectivity index (χ2v) is 6.17. The Hall–Kier alpha value is -1.84. The molecule has 0 aromatic heterocycles. The number of hydrogen-bond acceptors (Lipinski definition) is 2. The number of halogens is 1. The lowest BCUT2D eigenvalue weighted by Gasteiger charge is -2.26. The quantitative estimate of drug-likeness (QED) is 0.870. The van der Waals surface area contributed by atoms with Crippen LogP contribution in [0, 0.1) is 0 Å². The van der Waals surface area contributed by atoms with E-state index in [0.29, 0.717) is 17.1 Å². The maximum atomic E-state index is 12.3. The summed E-state index contributed by atoms with van der Waals surface area (Å²) >= 11 is 6.29. The molecule has 1 N–H and O–H groups in total. The first-order chi connectivity index (χ1) is 11.0. The number of rotatable bonds is 6. The van der Waals surface area contributed by atoms with E-state index >= 15 is 0 Å². The van der Waals surface area contributed by atoms with Crippen molar-refractivity contribution < 1.29 is 4.79 Å². The van der Waals surface area contributed by atoms with Gasteiger partial charge in [0.2, 0.25) is 0 Å². The van der Waals surface area contributed by atoms with Gasteiger partial charge in [-0.25, -0.2) is 0 Å². The van der Waals surface area contributed by atoms with Crippen LogP contribution >= 0.6 is 11.6 Å². The summed E-state index contributed by atoms with van der Waals surface area (Å²) < 4.78 is 0.